The Hall–Kier alpha value is -2.52. The fourth-order valence-electron chi connectivity index (χ4n) is 2.97. The topological polar surface area (TPSA) is 78.7 Å². The van der Waals surface area contributed by atoms with Gasteiger partial charge in [-0.2, -0.15) is 0 Å². The number of allylic oxidation sites excluding steroid dienone is 1. The van der Waals surface area contributed by atoms with Crippen molar-refractivity contribution in [2.24, 2.45) is 0 Å². The van der Waals surface area contributed by atoms with Gasteiger partial charge in [0.15, 0.2) is 17.1 Å². The zero-order chi connectivity index (χ0) is 20.6. The van der Waals surface area contributed by atoms with E-state index >= 15 is 0 Å². The van der Waals surface area contributed by atoms with E-state index in [1.807, 2.05) is 40.7 Å². The molecule has 1 atom stereocenters. The van der Waals surface area contributed by atoms with Gasteiger partial charge in [-0.1, -0.05) is 23.9 Å². The van der Waals surface area contributed by atoms with Gasteiger partial charge in [-0.15, -0.1) is 16.8 Å². The van der Waals surface area contributed by atoms with Crippen molar-refractivity contribution in [2.75, 3.05) is 39.2 Å². The molecule has 0 N–H and O–H groups in total. The molecule has 0 bridgehead atoms. The molecule has 1 aliphatic heterocycles. The van der Waals surface area contributed by atoms with Gasteiger partial charge in [0.1, 0.15) is 11.5 Å². The highest BCUT2D eigenvalue weighted by Crippen LogP contribution is 2.27. The number of ether oxygens (including phenoxy) is 3. The highest BCUT2D eigenvalue weighted by molar-refractivity contribution is 7.99. The molecule has 0 spiro atoms. The van der Waals surface area contributed by atoms with Crippen LogP contribution in [-0.4, -0.2) is 64.7 Å². The maximum atomic E-state index is 12.4. The second-order valence-electron chi connectivity index (χ2n) is 6.46. The monoisotopic (exact) mass is 418 g/mol. The fourth-order valence-corrected chi connectivity index (χ4v) is 3.83. The molecule has 8 nitrogen and oxygen atoms in total. The molecule has 2 heterocycles. The Morgan fingerprint density at radius 1 is 1.34 bits per heavy atom. The van der Waals surface area contributed by atoms with Gasteiger partial charge in [-0.05, 0) is 19.1 Å². The van der Waals surface area contributed by atoms with Crippen LogP contribution in [0.1, 0.15) is 18.9 Å². The van der Waals surface area contributed by atoms with E-state index in [1.165, 1.54) is 11.8 Å². The van der Waals surface area contributed by atoms with Crippen LogP contribution in [0.3, 0.4) is 0 Å². The van der Waals surface area contributed by atoms with E-state index in [2.05, 4.69) is 16.8 Å². The van der Waals surface area contributed by atoms with Crippen LogP contribution in [0.25, 0.3) is 0 Å². The number of aromatic nitrogens is 3. The number of rotatable bonds is 9. The Balaban J connectivity index is 1.68. The smallest absolute Gasteiger partial charge is 0.233 e. The van der Waals surface area contributed by atoms with E-state index in [0.717, 1.165) is 5.75 Å². The van der Waals surface area contributed by atoms with Crippen LogP contribution in [0.5, 0.6) is 11.5 Å². The van der Waals surface area contributed by atoms with Crippen LogP contribution in [0.2, 0.25) is 0 Å². The van der Waals surface area contributed by atoms with Crippen LogP contribution < -0.4 is 9.47 Å². The number of morpholine rings is 1. The molecule has 0 aliphatic carbocycles. The van der Waals surface area contributed by atoms with E-state index in [0.29, 0.717) is 55.3 Å². The first kappa shape index (κ1) is 21.2. The molecule has 3 rings (SSSR count). The van der Waals surface area contributed by atoms with Crippen LogP contribution in [-0.2, 0) is 16.1 Å². The standard InChI is InChI=1S/C20H26N4O4S/c1-4-8-24-19(15(2)28-17-7-5-6-16(13-17)26-3)21-22-20(24)29-14-18(25)23-9-11-27-12-10-23/h4-7,13,15H,1,8-12,14H2,2-3H3. The van der Waals surface area contributed by atoms with Crippen molar-refractivity contribution < 1.29 is 19.0 Å². The number of hydrogen-bond acceptors (Lipinski definition) is 7. The van der Waals surface area contributed by atoms with Gasteiger partial charge < -0.3 is 19.1 Å². The van der Waals surface area contributed by atoms with Crippen molar-refractivity contribution in [1.82, 2.24) is 19.7 Å². The minimum Gasteiger partial charge on any atom is -0.497 e. The molecule has 1 saturated heterocycles. The van der Waals surface area contributed by atoms with Gasteiger partial charge in [0.25, 0.3) is 0 Å². The van der Waals surface area contributed by atoms with Crippen LogP contribution in [0.4, 0.5) is 0 Å². The van der Waals surface area contributed by atoms with Crippen molar-refractivity contribution in [1.29, 1.82) is 0 Å². The van der Waals surface area contributed by atoms with Crippen molar-refractivity contribution >= 4 is 17.7 Å². The summed E-state index contributed by atoms with van der Waals surface area (Å²) in [5.74, 6) is 2.46. The summed E-state index contributed by atoms with van der Waals surface area (Å²) < 4.78 is 18.5. The van der Waals surface area contributed by atoms with E-state index in [4.69, 9.17) is 14.2 Å². The lowest BCUT2D eigenvalue weighted by molar-refractivity contribution is -0.132. The third kappa shape index (κ3) is 5.51. The van der Waals surface area contributed by atoms with Crippen molar-refractivity contribution in [3.63, 3.8) is 0 Å². The second-order valence-corrected chi connectivity index (χ2v) is 7.40. The predicted molar refractivity (Wildman–Crippen MR) is 110 cm³/mol. The summed E-state index contributed by atoms with van der Waals surface area (Å²) in [5, 5.41) is 9.25. The van der Waals surface area contributed by atoms with Gasteiger partial charge in [-0.3, -0.25) is 9.36 Å². The Labute approximate surface area is 174 Å². The van der Waals surface area contributed by atoms with Gasteiger partial charge in [0.2, 0.25) is 5.91 Å². The lowest BCUT2D eigenvalue weighted by Gasteiger charge is -2.26. The summed E-state index contributed by atoms with van der Waals surface area (Å²) >= 11 is 1.37. The number of carbonyl (C=O) groups excluding carboxylic acids is 1. The Bertz CT molecular complexity index is 836. The Morgan fingerprint density at radius 3 is 2.83 bits per heavy atom. The molecule has 0 radical (unpaired) electrons. The van der Waals surface area contributed by atoms with E-state index in [1.54, 1.807) is 13.2 Å². The zero-order valence-electron chi connectivity index (χ0n) is 16.7. The summed E-state index contributed by atoms with van der Waals surface area (Å²) in [6.45, 7) is 8.71. The molecule has 1 unspecified atom stereocenters. The first-order chi connectivity index (χ1) is 14.1. The highest BCUT2D eigenvalue weighted by atomic mass is 32.2. The van der Waals surface area contributed by atoms with Crippen LogP contribution in [0.15, 0.2) is 42.1 Å². The van der Waals surface area contributed by atoms with Crippen molar-refractivity contribution in [3.05, 3.63) is 42.7 Å². The summed E-state index contributed by atoms with van der Waals surface area (Å²) in [5.41, 5.74) is 0. The summed E-state index contributed by atoms with van der Waals surface area (Å²) in [6.07, 6.45) is 1.44. The largest absolute Gasteiger partial charge is 0.497 e. The van der Waals surface area contributed by atoms with Crippen LogP contribution >= 0.6 is 11.8 Å². The Morgan fingerprint density at radius 2 is 2.10 bits per heavy atom. The molecule has 2 aromatic rings. The van der Waals surface area contributed by atoms with Gasteiger partial charge in [-0.25, -0.2) is 0 Å². The maximum absolute atomic E-state index is 12.4. The van der Waals surface area contributed by atoms with E-state index in [-0.39, 0.29) is 12.0 Å². The summed E-state index contributed by atoms with van der Waals surface area (Å²) in [7, 11) is 1.62. The van der Waals surface area contributed by atoms with Crippen LogP contribution in [0, 0.1) is 0 Å². The van der Waals surface area contributed by atoms with Gasteiger partial charge in [0.05, 0.1) is 26.1 Å². The molecule has 1 fully saturated rings. The SMILES string of the molecule is C=CCn1c(SCC(=O)N2CCOCC2)nnc1C(C)Oc1cccc(OC)c1. The van der Waals surface area contributed by atoms with Crippen molar-refractivity contribution in [3.8, 4) is 11.5 Å². The second kappa shape index (κ2) is 10.3. The number of methoxy groups -OCH3 is 1. The third-order valence-corrected chi connectivity index (χ3v) is 5.41. The fraction of sp³-hybridized carbons (Fsp3) is 0.450. The molecule has 1 aromatic heterocycles. The minimum absolute atomic E-state index is 0.0775. The average Bonchev–Trinajstić information content (AvgIpc) is 3.15. The number of thioether (sulfide) groups is 1. The Kier molecular flexibility index (Phi) is 7.54. The molecule has 29 heavy (non-hydrogen) atoms. The third-order valence-electron chi connectivity index (χ3n) is 4.46. The highest BCUT2D eigenvalue weighted by Gasteiger charge is 2.22. The maximum Gasteiger partial charge on any atom is 0.233 e. The van der Waals surface area contributed by atoms with Gasteiger partial charge in [0, 0.05) is 25.7 Å². The molecule has 156 valence electrons. The minimum atomic E-state index is -0.334. The number of amides is 1. The van der Waals surface area contributed by atoms with Crippen molar-refractivity contribution in [2.45, 2.75) is 24.7 Å². The summed E-state index contributed by atoms with van der Waals surface area (Å²) in [6, 6.07) is 7.41. The normalized spacial score (nSPS) is 15.0. The molecule has 1 aromatic carbocycles. The summed E-state index contributed by atoms with van der Waals surface area (Å²) in [4.78, 5) is 14.2. The lowest BCUT2D eigenvalue weighted by atomic mass is 10.3. The molecule has 9 heteroatoms. The van der Waals surface area contributed by atoms with E-state index in [9.17, 15) is 4.79 Å². The molecule has 0 saturated carbocycles. The number of carbonyl (C=O) groups is 1. The molecular formula is C20H26N4O4S. The first-order valence-electron chi connectivity index (χ1n) is 9.45. The quantitative estimate of drug-likeness (QED) is 0.457. The van der Waals surface area contributed by atoms with Gasteiger partial charge >= 0.3 is 0 Å². The lowest BCUT2D eigenvalue weighted by Crippen LogP contribution is -2.41. The average molecular weight is 419 g/mol. The predicted octanol–water partition coefficient (Wildman–Crippen LogP) is 2.56. The molecule has 1 aliphatic rings. The molecular weight excluding hydrogens is 392 g/mol. The molecule has 1 amide bonds. The zero-order valence-corrected chi connectivity index (χ0v) is 17.6. The number of nitrogens with zero attached hydrogens (tertiary/aromatic N) is 4. The number of benzene rings is 1. The number of hydrogen-bond donors (Lipinski definition) is 0. The van der Waals surface area contributed by atoms with E-state index < -0.39 is 0 Å². The first-order valence-corrected chi connectivity index (χ1v) is 10.4.